The predicted octanol–water partition coefficient (Wildman–Crippen LogP) is 2.72. The Morgan fingerprint density at radius 2 is 2.22 bits per heavy atom. The first kappa shape index (κ1) is 14.0. The van der Waals surface area contributed by atoms with Gasteiger partial charge in [-0.25, -0.2) is 4.98 Å². The summed E-state index contributed by atoms with van der Waals surface area (Å²) < 4.78 is 0. The number of nitrogens with zero attached hydrogens (tertiary/aromatic N) is 2. The summed E-state index contributed by atoms with van der Waals surface area (Å²) in [6.45, 7) is 11.0. The van der Waals surface area contributed by atoms with Crippen LogP contribution in [0.25, 0.3) is 0 Å². The molecule has 0 bridgehead atoms. The second-order valence-electron chi connectivity index (χ2n) is 5.22. The van der Waals surface area contributed by atoms with E-state index < -0.39 is 0 Å². The summed E-state index contributed by atoms with van der Waals surface area (Å²) in [4.78, 5) is 8.52. The third-order valence-corrected chi connectivity index (χ3v) is 4.83. The Hall–Kier alpha value is -0.450. The third kappa shape index (κ3) is 3.77. The monoisotopic (exact) mass is 267 g/mol. The highest BCUT2D eigenvalue weighted by Crippen LogP contribution is 2.18. The van der Waals surface area contributed by atoms with Crippen LogP contribution in [0, 0.1) is 13.8 Å². The van der Waals surface area contributed by atoms with Gasteiger partial charge in [-0.3, -0.25) is 4.90 Å². The molecular weight excluding hydrogens is 242 g/mol. The van der Waals surface area contributed by atoms with Gasteiger partial charge >= 0.3 is 0 Å². The van der Waals surface area contributed by atoms with Crippen LogP contribution >= 0.6 is 11.3 Å². The molecule has 1 aromatic heterocycles. The maximum absolute atomic E-state index is 4.65. The molecular formula is C14H25N3S. The molecule has 1 aliphatic rings. The average molecular weight is 267 g/mol. The summed E-state index contributed by atoms with van der Waals surface area (Å²) in [5, 5.41) is 4.89. The maximum Gasteiger partial charge on any atom is 0.107 e. The van der Waals surface area contributed by atoms with Gasteiger partial charge in [0.15, 0.2) is 0 Å². The van der Waals surface area contributed by atoms with E-state index in [4.69, 9.17) is 0 Å². The summed E-state index contributed by atoms with van der Waals surface area (Å²) in [6.07, 6.45) is 4.05. The fourth-order valence-corrected chi connectivity index (χ4v) is 3.47. The molecule has 0 spiro atoms. The van der Waals surface area contributed by atoms with E-state index in [0.717, 1.165) is 19.6 Å². The van der Waals surface area contributed by atoms with Crippen LogP contribution < -0.4 is 5.32 Å². The molecule has 1 unspecified atom stereocenters. The van der Waals surface area contributed by atoms with Crippen LogP contribution in [0.2, 0.25) is 0 Å². The van der Waals surface area contributed by atoms with Crippen molar-refractivity contribution in [2.45, 2.75) is 52.6 Å². The van der Waals surface area contributed by atoms with Gasteiger partial charge in [0.05, 0.1) is 12.2 Å². The van der Waals surface area contributed by atoms with Gasteiger partial charge in [0.2, 0.25) is 0 Å². The molecule has 1 saturated heterocycles. The summed E-state index contributed by atoms with van der Waals surface area (Å²) >= 11 is 1.85. The Morgan fingerprint density at radius 3 is 2.78 bits per heavy atom. The summed E-state index contributed by atoms with van der Waals surface area (Å²) in [5.74, 6) is 0. The van der Waals surface area contributed by atoms with Crippen LogP contribution in [0.3, 0.4) is 0 Å². The zero-order valence-electron chi connectivity index (χ0n) is 11.8. The van der Waals surface area contributed by atoms with Gasteiger partial charge in [-0.15, -0.1) is 11.3 Å². The molecule has 0 saturated carbocycles. The Kier molecular flexibility index (Phi) is 5.15. The molecule has 4 heteroatoms. The minimum atomic E-state index is 0.681. The first-order chi connectivity index (χ1) is 8.69. The zero-order valence-corrected chi connectivity index (χ0v) is 12.6. The van der Waals surface area contributed by atoms with E-state index in [1.54, 1.807) is 0 Å². The second-order valence-corrected chi connectivity index (χ2v) is 6.51. The van der Waals surface area contributed by atoms with Crippen molar-refractivity contribution in [3.63, 3.8) is 0 Å². The first-order valence-electron chi connectivity index (χ1n) is 7.07. The number of nitrogens with one attached hydrogen (secondary N) is 1. The van der Waals surface area contributed by atoms with Gasteiger partial charge < -0.3 is 5.32 Å². The highest BCUT2D eigenvalue weighted by atomic mass is 32.1. The Labute approximate surface area is 115 Å². The van der Waals surface area contributed by atoms with Crippen molar-refractivity contribution in [2.75, 3.05) is 19.6 Å². The number of likely N-dealkylation sites (N-methyl/N-ethyl adjacent to an activating group) is 1. The molecule has 0 aliphatic carbocycles. The van der Waals surface area contributed by atoms with Crippen molar-refractivity contribution >= 4 is 11.3 Å². The number of aryl methyl sites for hydroxylation is 2. The molecule has 1 N–H and O–H groups in total. The molecule has 1 fully saturated rings. The topological polar surface area (TPSA) is 28.2 Å². The maximum atomic E-state index is 4.65. The standard InChI is InChI=1S/C14H25N3S/c1-4-17(9-13-7-5-6-8-15-13)10-14-16-11(2)12(3)18-14/h13,15H,4-10H2,1-3H3. The van der Waals surface area contributed by atoms with E-state index in [0.29, 0.717) is 6.04 Å². The van der Waals surface area contributed by atoms with Gasteiger partial charge in [0.25, 0.3) is 0 Å². The van der Waals surface area contributed by atoms with Gasteiger partial charge in [0, 0.05) is 17.5 Å². The summed E-state index contributed by atoms with van der Waals surface area (Å²) in [7, 11) is 0. The van der Waals surface area contributed by atoms with Crippen LogP contribution in [0.1, 0.15) is 41.8 Å². The lowest BCUT2D eigenvalue weighted by molar-refractivity contribution is 0.226. The van der Waals surface area contributed by atoms with Crippen LogP contribution in [0.5, 0.6) is 0 Å². The lowest BCUT2D eigenvalue weighted by Gasteiger charge is -2.29. The van der Waals surface area contributed by atoms with Crippen LogP contribution in [0.4, 0.5) is 0 Å². The summed E-state index contributed by atoms with van der Waals surface area (Å²) in [6, 6.07) is 0.681. The molecule has 0 amide bonds. The highest BCUT2D eigenvalue weighted by Gasteiger charge is 2.17. The minimum Gasteiger partial charge on any atom is -0.313 e. The molecule has 102 valence electrons. The van der Waals surface area contributed by atoms with Crippen LogP contribution in [-0.4, -0.2) is 35.6 Å². The molecule has 2 heterocycles. The van der Waals surface area contributed by atoms with Gasteiger partial charge in [-0.2, -0.15) is 0 Å². The van der Waals surface area contributed by atoms with E-state index >= 15 is 0 Å². The number of rotatable bonds is 5. The number of hydrogen-bond donors (Lipinski definition) is 1. The number of aromatic nitrogens is 1. The number of thiazole rings is 1. The fourth-order valence-electron chi connectivity index (χ4n) is 2.50. The van der Waals surface area contributed by atoms with Crippen molar-refractivity contribution in [3.05, 3.63) is 15.6 Å². The SMILES string of the molecule is CCN(Cc1nc(C)c(C)s1)CC1CCCCN1. The Balaban J connectivity index is 1.88. The first-order valence-corrected chi connectivity index (χ1v) is 7.89. The van der Waals surface area contributed by atoms with E-state index in [1.807, 2.05) is 11.3 Å². The van der Waals surface area contributed by atoms with Crippen molar-refractivity contribution in [1.29, 1.82) is 0 Å². The van der Waals surface area contributed by atoms with Gasteiger partial charge in [-0.1, -0.05) is 13.3 Å². The van der Waals surface area contributed by atoms with E-state index in [-0.39, 0.29) is 0 Å². The predicted molar refractivity (Wildman–Crippen MR) is 78.2 cm³/mol. The quantitative estimate of drug-likeness (QED) is 0.889. The molecule has 2 rings (SSSR count). The second kappa shape index (κ2) is 6.64. The van der Waals surface area contributed by atoms with Crippen LogP contribution in [-0.2, 0) is 6.54 Å². The van der Waals surface area contributed by atoms with Crippen molar-refractivity contribution in [1.82, 2.24) is 15.2 Å². The van der Waals surface area contributed by atoms with Crippen molar-refractivity contribution < 1.29 is 0 Å². The largest absolute Gasteiger partial charge is 0.313 e. The molecule has 0 aromatic carbocycles. The normalized spacial score (nSPS) is 20.6. The zero-order chi connectivity index (χ0) is 13.0. The number of piperidine rings is 1. The van der Waals surface area contributed by atoms with Crippen molar-refractivity contribution in [2.24, 2.45) is 0 Å². The fraction of sp³-hybridized carbons (Fsp3) is 0.786. The van der Waals surface area contributed by atoms with E-state index in [9.17, 15) is 0 Å². The lowest BCUT2D eigenvalue weighted by Crippen LogP contribution is -2.43. The average Bonchev–Trinajstić information content (AvgIpc) is 2.69. The van der Waals surface area contributed by atoms with Gasteiger partial charge in [-0.05, 0) is 39.8 Å². The molecule has 3 nitrogen and oxygen atoms in total. The minimum absolute atomic E-state index is 0.681. The van der Waals surface area contributed by atoms with Crippen molar-refractivity contribution in [3.8, 4) is 0 Å². The third-order valence-electron chi connectivity index (χ3n) is 3.77. The van der Waals surface area contributed by atoms with Gasteiger partial charge in [0.1, 0.15) is 5.01 Å². The molecule has 18 heavy (non-hydrogen) atoms. The lowest BCUT2D eigenvalue weighted by atomic mass is 10.0. The molecule has 1 atom stereocenters. The van der Waals surface area contributed by atoms with E-state index in [2.05, 4.69) is 36.0 Å². The molecule has 0 radical (unpaired) electrons. The Morgan fingerprint density at radius 1 is 1.39 bits per heavy atom. The van der Waals surface area contributed by atoms with E-state index in [1.165, 1.54) is 41.4 Å². The Bertz CT molecular complexity index is 350. The highest BCUT2D eigenvalue weighted by molar-refractivity contribution is 7.11. The molecule has 1 aromatic rings. The summed E-state index contributed by atoms with van der Waals surface area (Å²) in [5.41, 5.74) is 1.20. The molecule has 1 aliphatic heterocycles. The smallest absolute Gasteiger partial charge is 0.107 e. The number of hydrogen-bond acceptors (Lipinski definition) is 4. The van der Waals surface area contributed by atoms with Crippen LogP contribution in [0.15, 0.2) is 0 Å².